The van der Waals surface area contributed by atoms with Crippen LogP contribution in [0.25, 0.3) is 0 Å². The first kappa shape index (κ1) is 49.3. The Hall–Kier alpha value is -3.69. The molecular formula is C40H70N4O11. The molecule has 0 saturated heterocycles. The number of carbonyl (C=O) groups excluding carboxylic acids is 5. The molecule has 0 aromatic heterocycles. The zero-order chi connectivity index (χ0) is 42.1. The minimum atomic E-state index is -0.673. The second kappa shape index (κ2) is 23.4. The smallest absolute Gasteiger partial charge is 0.407 e. The Kier molecular flexibility index (Phi) is 21.0. The first-order chi connectivity index (χ1) is 25.6. The predicted octanol–water partition coefficient (Wildman–Crippen LogP) is 5.13. The first-order valence-corrected chi connectivity index (χ1v) is 19.6. The zero-order valence-electron chi connectivity index (χ0n) is 35.5. The maximum atomic E-state index is 12.4. The van der Waals surface area contributed by atoms with Crippen molar-refractivity contribution < 1.29 is 52.8 Å². The fourth-order valence-electron chi connectivity index (χ4n) is 6.19. The van der Waals surface area contributed by atoms with E-state index in [1.165, 1.54) is 13.8 Å². The summed E-state index contributed by atoms with van der Waals surface area (Å²) in [7, 11) is 0. The Morgan fingerprint density at radius 3 is 1.42 bits per heavy atom. The summed E-state index contributed by atoms with van der Waals surface area (Å²) in [6.45, 7) is 23.5. The normalized spacial score (nSPS) is 22.6. The van der Waals surface area contributed by atoms with E-state index in [0.29, 0.717) is 12.0 Å². The van der Waals surface area contributed by atoms with Crippen molar-refractivity contribution in [2.45, 2.75) is 188 Å². The van der Waals surface area contributed by atoms with Crippen molar-refractivity contribution in [1.82, 2.24) is 21.3 Å². The van der Waals surface area contributed by atoms with Gasteiger partial charge in [0, 0.05) is 25.8 Å². The van der Waals surface area contributed by atoms with Crippen molar-refractivity contribution in [3.8, 4) is 0 Å². The van der Waals surface area contributed by atoms with Crippen molar-refractivity contribution >= 4 is 30.0 Å². The lowest BCUT2D eigenvalue weighted by atomic mass is 9.87. The predicted molar refractivity (Wildman–Crippen MR) is 209 cm³/mol. The molecule has 316 valence electrons. The van der Waals surface area contributed by atoms with Crippen LogP contribution in [0.15, 0.2) is 23.3 Å². The fourth-order valence-corrected chi connectivity index (χ4v) is 6.19. The van der Waals surface area contributed by atoms with Gasteiger partial charge in [-0.15, -0.1) is 0 Å². The average molecular weight is 783 g/mol. The summed E-state index contributed by atoms with van der Waals surface area (Å²) in [5.74, 6) is -0.912. The van der Waals surface area contributed by atoms with Gasteiger partial charge in [0.2, 0.25) is 11.8 Å². The van der Waals surface area contributed by atoms with Gasteiger partial charge in [0.1, 0.15) is 11.2 Å². The number of ether oxygens (including phenoxy) is 5. The number of nitrogens with one attached hydrogen (secondary N) is 4. The van der Waals surface area contributed by atoms with E-state index in [9.17, 15) is 29.1 Å². The molecule has 0 saturated carbocycles. The van der Waals surface area contributed by atoms with E-state index < -0.39 is 65.7 Å². The molecule has 0 aliphatic heterocycles. The molecule has 0 spiro atoms. The molecule has 15 heteroatoms. The molecule has 5 N–H and O–H groups in total. The highest BCUT2D eigenvalue weighted by Crippen LogP contribution is 2.27. The lowest BCUT2D eigenvalue weighted by Crippen LogP contribution is -2.60. The van der Waals surface area contributed by atoms with E-state index in [-0.39, 0.29) is 43.7 Å². The van der Waals surface area contributed by atoms with Crippen molar-refractivity contribution in [2.24, 2.45) is 0 Å². The van der Waals surface area contributed by atoms with Crippen LogP contribution in [0.4, 0.5) is 9.59 Å². The third-order valence-electron chi connectivity index (χ3n) is 8.67. The SMILES string of the molecule is CCC(CC)O[C@@H]1C=C(CO)C[C@H](NC(=O)OC(C)(C)C)[C@H]1NC(C)=O.CCOC(=O)C1=C[C@@H](OC(CC)CC)[C@H](NC(C)=O)[C@@H](NC(=O)OC(C)(C)C)C1. The summed E-state index contributed by atoms with van der Waals surface area (Å²) in [4.78, 5) is 60.5. The summed E-state index contributed by atoms with van der Waals surface area (Å²) in [6.07, 6.45) is 5.21. The lowest BCUT2D eigenvalue weighted by molar-refractivity contribution is -0.139. The fraction of sp³-hybridized carbons (Fsp3) is 0.775. The topological polar surface area (TPSA) is 200 Å². The molecule has 4 amide bonds. The lowest BCUT2D eigenvalue weighted by Gasteiger charge is -2.39. The largest absolute Gasteiger partial charge is 0.463 e. The second-order valence-corrected chi connectivity index (χ2v) is 15.8. The highest BCUT2D eigenvalue weighted by atomic mass is 16.6. The van der Waals surface area contributed by atoms with Crippen LogP contribution in [0.5, 0.6) is 0 Å². The van der Waals surface area contributed by atoms with E-state index in [4.69, 9.17) is 23.7 Å². The molecule has 15 nitrogen and oxygen atoms in total. The Balaban J connectivity index is 0.000000553. The number of esters is 1. The van der Waals surface area contributed by atoms with E-state index in [2.05, 4.69) is 21.3 Å². The number of amides is 4. The van der Waals surface area contributed by atoms with E-state index in [1.54, 1.807) is 54.5 Å². The summed E-state index contributed by atoms with van der Waals surface area (Å²) < 4.78 is 28.2. The van der Waals surface area contributed by atoms with Crippen LogP contribution in [0.3, 0.4) is 0 Å². The molecule has 6 atom stereocenters. The summed E-state index contributed by atoms with van der Waals surface area (Å²) in [5.41, 5.74) is -0.120. The van der Waals surface area contributed by atoms with Crippen LogP contribution in [-0.4, -0.2) is 108 Å². The quantitative estimate of drug-likeness (QED) is 0.0838. The van der Waals surface area contributed by atoms with Crippen molar-refractivity contribution in [3.05, 3.63) is 23.3 Å². The second-order valence-electron chi connectivity index (χ2n) is 15.8. The molecule has 0 unspecified atom stereocenters. The molecular weight excluding hydrogens is 712 g/mol. The van der Waals surface area contributed by atoms with Gasteiger partial charge in [0.15, 0.2) is 0 Å². The Labute approximate surface area is 328 Å². The highest BCUT2D eigenvalue weighted by molar-refractivity contribution is 5.89. The molecule has 0 fully saturated rings. The zero-order valence-corrected chi connectivity index (χ0v) is 35.5. The number of rotatable bonds is 15. The number of alkyl carbamates (subject to hydrolysis) is 2. The molecule has 2 aliphatic rings. The van der Waals surface area contributed by atoms with Crippen molar-refractivity contribution in [3.63, 3.8) is 0 Å². The van der Waals surface area contributed by atoms with Gasteiger partial charge in [-0.25, -0.2) is 14.4 Å². The van der Waals surface area contributed by atoms with Crippen LogP contribution < -0.4 is 21.3 Å². The number of hydrogen-bond acceptors (Lipinski definition) is 11. The molecule has 2 aliphatic carbocycles. The van der Waals surface area contributed by atoms with Gasteiger partial charge in [-0.1, -0.05) is 33.8 Å². The van der Waals surface area contributed by atoms with E-state index in [1.807, 2.05) is 33.8 Å². The van der Waals surface area contributed by atoms with Crippen LogP contribution in [0, 0.1) is 0 Å². The van der Waals surface area contributed by atoms with Gasteiger partial charge in [0.25, 0.3) is 0 Å². The van der Waals surface area contributed by atoms with E-state index >= 15 is 0 Å². The molecule has 0 radical (unpaired) electrons. The minimum Gasteiger partial charge on any atom is -0.463 e. The maximum Gasteiger partial charge on any atom is 0.407 e. The summed E-state index contributed by atoms with van der Waals surface area (Å²) >= 11 is 0. The van der Waals surface area contributed by atoms with Crippen LogP contribution in [-0.2, 0) is 38.1 Å². The number of carbonyl (C=O) groups is 5. The third-order valence-corrected chi connectivity index (χ3v) is 8.67. The van der Waals surface area contributed by atoms with Crippen LogP contribution >= 0.6 is 0 Å². The molecule has 0 bridgehead atoms. The number of aliphatic hydroxyl groups is 1. The van der Waals surface area contributed by atoms with Gasteiger partial charge >= 0.3 is 18.2 Å². The molecule has 55 heavy (non-hydrogen) atoms. The Morgan fingerprint density at radius 2 is 1.07 bits per heavy atom. The van der Waals surface area contributed by atoms with E-state index in [0.717, 1.165) is 31.3 Å². The molecule has 0 aromatic carbocycles. The average Bonchev–Trinajstić information content (AvgIpc) is 3.06. The standard InChI is InChI=1S/C21H36N2O6.C19H34N2O5/c1-8-15(9-2)28-17-12-14(19(25)27-10-3)11-16(18(17)22-13(4)24)23-20(26)29-21(5,6)7;1-7-14(8-2)25-16-10-13(11-22)9-15(17(16)20-12(3)23)21-18(24)26-19(4,5)6/h12,15-18H,8-11H2,1-7H3,(H,22,24)(H,23,26);10,14-17,22H,7-9,11H2,1-6H3,(H,20,23)(H,21,24)/t16-,17+,18+;15-,16+,17+/m00/s1. The number of aliphatic hydroxyl groups excluding tert-OH is 1. The Morgan fingerprint density at radius 1 is 0.673 bits per heavy atom. The van der Waals surface area contributed by atoms with Crippen molar-refractivity contribution in [1.29, 1.82) is 0 Å². The third kappa shape index (κ3) is 18.7. The monoisotopic (exact) mass is 783 g/mol. The van der Waals surface area contributed by atoms with Gasteiger partial charge in [-0.05, 0) is 92.2 Å². The minimum absolute atomic E-state index is 0.0349. The van der Waals surface area contributed by atoms with Gasteiger partial charge < -0.3 is 50.1 Å². The van der Waals surface area contributed by atoms with Gasteiger partial charge in [-0.3, -0.25) is 9.59 Å². The summed E-state index contributed by atoms with van der Waals surface area (Å²) in [5, 5.41) is 21.0. The molecule has 0 aromatic rings. The molecule has 0 heterocycles. The summed E-state index contributed by atoms with van der Waals surface area (Å²) in [6, 6.07) is -1.99. The highest BCUT2D eigenvalue weighted by Gasteiger charge is 2.40. The van der Waals surface area contributed by atoms with Gasteiger partial charge in [-0.2, -0.15) is 0 Å². The van der Waals surface area contributed by atoms with Crippen LogP contribution in [0.1, 0.15) is 129 Å². The molecule has 2 rings (SSSR count). The maximum absolute atomic E-state index is 12.4. The Bertz CT molecular complexity index is 1310. The van der Waals surface area contributed by atoms with Crippen LogP contribution in [0.2, 0.25) is 0 Å². The van der Waals surface area contributed by atoms with Gasteiger partial charge in [0.05, 0.1) is 61.8 Å². The number of hydrogen-bond donors (Lipinski definition) is 5. The van der Waals surface area contributed by atoms with Crippen molar-refractivity contribution in [2.75, 3.05) is 13.2 Å². The first-order valence-electron chi connectivity index (χ1n) is 19.6.